The monoisotopic (exact) mass is 618 g/mol. The highest BCUT2D eigenvalue weighted by molar-refractivity contribution is 7.15. The summed E-state index contributed by atoms with van der Waals surface area (Å²) >= 11 is 7.86. The van der Waals surface area contributed by atoms with Gasteiger partial charge in [-0.05, 0) is 55.1 Å². The molecule has 42 heavy (non-hydrogen) atoms. The van der Waals surface area contributed by atoms with E-state index in [2.05, 4.69) is 10.4 Å². The number of hydrogen-bond acceptors (Lipinski definition) is 7. The molecule has 0 saturated carbocycles. The van der Waals surface area contributed by atoms with E-state index in [-0.39, 0.29) is 22.2 Å². The van der Waals surface area contributed by atoms with Crippen molar-refractivity contribution in [3.05, 3.63) is 78.5 Å². The highest BCUT2D eigenvalue weighted by Gasteiger charge is 2.35. The van der Waals surface area contributed by atoms with E-state index in [9.17, 15) is 22.8 Å². The zero-order valence-electron chi connectivity index (χ0n) is 22.4. The quantitative estimate of drug-likeness (QED) is 0.331. The van der Waals surface area contributed by atoms with Crippen molar-refractivity contribution < 1.29 is 22.7 Å². The predicted molar refractivity (Wildman–Crippen MR) is 153 cm³/mol. The van der Waals surface area contributed by atoms with Gasteiger partial charge in [-0.2, -0.15) is 22.7 Å². The number of nitrogens with zero attached hydrogens (tertiary/aromatic N) is 4. The van der Waals surface area contributed by atoms with Crippen LogP contribution in [0.2, 0.25) is 5.02 Å². The molecule has 3 N–H and O–H groups in total. The number of rotatable bonds is 6. The van der Waals surface area contributed by atoms with Gasteiger partial charge in [-0.25, -0.2) is 0 Å². The van der Waals surface area contributed by atoms with Gasteiger partial charge in [0.05, 0.1) is 29.2 Å². The number of carbonyl (C=O) groups excluding carboxylic acids is 1. The van der Waals surface area contributed by atoms with Crippen molar-refractivity contribution in [1.82, 2.24) is 24.5 Å². The predicted octanol–water partition coefficient (Wildman–Crippen LogP) is 4.38. The molecule has 0 saturated heterocycles. The minimum atomic E-state index is -4.63. The van der Waals surface area contributed by atoms with Crippen molar-refractivity contribution in [2.45, 2.75) is 45.0 Å². The zero-order chi connectivity index (χ0) is 29.8. The van der Waals surface area contributed by atoms with Crippen molar-refractivity contribution in [2.75, 3.05) is 19.7 Å². The first-order chi connectivity index (χ1) is 20.1. The number of aromatic nitrogens is 4. The molecule has 4 aromatic rings. The highest BCUT2D eigenvalue weighted by Crippen LogP contribution is 2.37. The molecule has 0 bridgehead atoms. The zero-order valence-corrected chi connectivity index (χ0v) is 24.0. The number of benzene rings is 1. The Morgan fingerprint density at radius 3 is 2.74 bits per heavy atom. The number of alkyl halides is 3. The first kappa shape index (κ1) is 28.6. The van der Waals surface area contributed by atoms with Gasteiger partial charge in [0, 0.05) is 27.7 Å². The molecule has 0 radical (unpaired) electrons. The van der Waals surface area contributed by atoms with Crippen LogP contribution in [0, 0.1) is 0 Å². The summed E-state index contributed by atoms with van der Waals surface area (Å²) in [5.41, 5.74) is 7.34. The van der Waals surface area contributed by atoms with Crippen molar-refractivity contribution in [3.63, 3.8) is 0 Å². The molecule has 14 heteroatoms. The van der Waals surface area contributed by atoms with E-state index < -0.39 is 29.2 Å². The van der Waals surface area contributed by atoms with Crippen LogP contribution >= 0.6 is 22.9 Å². The molecule has 0 fully saturated rings. The van der Waals surface area contributed by atoms with Crippen molar-refractivity contribution in [3.8, 4) is 10.7 Å². The molecule has 1 amide bonds. The number of amides is 1. The van der Waals surface area contributed by atoms with Crippen LogP contribution in [0.25, 0.3) is 22.1 Å². The summed E-state index contributed by atoms with van der Waals surface area (Å²) in [6, 6.07) is 3.36. The Balaban J connectivity index is 1.65. The molecule has 1 atom stereocenters. The average Bonchev–Trinajstić information content (AvgIpc) is 3.60. The van der Waals surface area contributed by atoms with Gasteiger partial charge in [0.2, 0.25) is 11.7 Å². The van der Waals surface area contributed by atoms with Crippen molar-refractivity contribution in [1.29, 1.82) is 0 Å². The number of hydrogen-bond donors (Lipinski definition) is 2. The number of ether oxygens (including phenoxy) is 1. The molecule has 220 valence electrons. The van der Waals surface area contributed by atoms with E-state index in [0.717, 1.165) is 50.0 Å². The molecule has 5 heterocycles. The summed E-state index contributed by atoms with van der Waals surface area (Å²) in [5.74, 6) is -0.566. The molecule has 3 aromatic heterocycles. The maximum atomic E-state index is 14.1. The summed E-state index contributed by atoms with van der Waals surface area (Å²) in [4.78, 5) is 33.7. The Morgan fingerprint density at radius 1 is 1.29 bits per heavy atom. The number of nitrogens with two attached hydrogens (primary N) is 1. The lowest BCUT2D eigenvalue weighted by Crippen LogP contribution is -2.35. The van der Waals surface area contributed by atoms with Crippen molar-refractivity contribution >= 4 is 40.2 Å². The number of nitrogens with one attached hydrogen (secondary N) is 1. The minimum Gasteiger partial charge on any atom is -0.376 e. The Hall–Kier alpha value is -3.52. The lowest BCUT2D eigenvalue weighted by Gasteiger charge is -2.26. The van der Waals surface area contributed by atoms with Crippen LogP contribution in [0.15, 0.2) is 35.1 Å². The maximum absolute atomic E-state index is 14.1. The summed E-state index contributed by atoms with van der Waals surface area (Å²) in [6.07, 6.45) is -1.14. The van der Waals surface area contributed by atoms with E-state index in [1.54, 1.807) is 0 Å². The van der Waals surface area contributed by atoms with Crippen LogP contribution in [0.4, 0.5) is 13.2 Å². The normalized spacial score (nSPS) is 16.4. The standard InChI is InChI=1S/C28H26ClF3N6O3S/c1-2-19-22(14-5-8-34-9-6-14)26(40)38-27(35-25(36-38)20-11-15-7-10-41-13-21(15)42-20)37(19)23(24(33)39)17-4-3-16(12-18(17)29)28(30,31)32/h3-5,11-12,23,34H,2,6-10,13H2,1H3,(H2,33,39). The van der Waals surface area contributed by atoms with Gasteiger partial charge in [0.15, 0.2) is 5.82 Å². The average molecular weight is 619 g/mol. The summed E-state index contributed by atoms with van der Waals surface area (Å²) in [6.45, 7) is 4.09. The summed E-state index contributed by atoms with van der Waals surface area (Å²) in [7, 11) is 0. The fraction of sp³-hybridized carbons (Fsp3) is 0.357. The van der Waals surface area contributed by atoms with Gasteiger partial charge >= 0.3 is 6.18 Å². The van der Waals surface area contributed by atoms with Gasteiger partial charge < -0.3 is 15.8 Å². The maximum Gasteiger partial charge on any atom is 0.416 e. The third-order valence-electron chi connectivity index (χ3n) is 7.53. The number of primary amides is 1. The molecule has 1 aromatic carbocycles. The SMILES string of the molecule is CCc1c(C2=CCNCC2)c(=O)n2nc(-c3cc4c(s3)COCC4)nc2n1C(C(N)=O)c1ccc(C(F)(F)F)cc1Cl. The first-order valence-electron chi connectivity index (χ1n) is 13.4. The molecule has 0 aliphatic carbocycles. The fourth-order valence-corrected chi connectivity index (χ4v) is 6.93. The second-order valence-electron chi connectivity index (χ2n) is 10.1. The second-order valence-corrected chi connectivity index (χ2v) is 11.6. The Kier molecular flexibility index (Phi) is 7.46. The van der Waals surface area contributed by atoms with Gasteiger partial charge in [-0.1, -0.05) is 30.7 Å². The second kappa shape index (κ2) is 11.0. The number of halogens is 4. The Bertz CT molecular complexity index is 1790. The van der Waals surface area contributed by atoms with E-state index in [0.29, 0.717) is 50.4 Å². The van der Waals surface area contributed by atoms with Crippen LogP contribution in [0.1, 0.15) is 52.2 Å². The lowest BCUT2D eigenvalue weighted by atomic mass is 9.96. The summed E-state index contributed by atoms with van der Waals surface area (Å²) in [5, 5.41) is 7.52. The van der Waals surface area contributed by atoms with Crippen LogP contribution in [-0.4, -0.2) is 44.8 Å². The largest absolute Gasteiger partial charge is 0.416 e. The molecule has 6 rings (SSSR count). The molecule has 0 spiro atoms. The van der Waals surface area contributed by atoms with Crippen LogP contribution in [-0.2, 0) is 35.2 Å². The number of thiophene rings is 1. The highest BCUT2D eigenvalue weighted by atomic mass is 35.5. The molecule has 1 unspecified atom stereocenters. The van der Waals surface area contributed by atoms with E-state index >= 15 is 0 Å². The molecule has 9 nitrogen and oxygen atoms in total. The first-order valence-corrected chi connectivity index (χ1v) is 14.6. The Morgan fingerprint density at radius 2 is 2.10 bits per heavy atom. The molecule has 2 aliphatic heterocycles. The van der Waals surface area contributed by atoms with Crippen LogP contribution in [0.3, 0.4) is 0 Å². The van der Waals surface area contributed by atoms with Crippen LogP contribution < -0.4 is 16.6 Å². The van der Waals surface area contributed by atoms with E-state index in [1.807, 2.05) is 19.1 Å². The summed E-state index contributed by atoms with van der Waals surface area (Å²) < 4.78 is 48.5. The Labute approximate surface area is 246 Å². The smallest absolute Gasteiger partial charge is 0.376 e. The third-order valence-corrected chi connectivity index (χ3v) is 9.00. The number of fused-ring (bicyclic) bond motifs is 2. The fourth-order valence-electron chi connectivity index (χ4n) is 5.56. The molecular weight excluding hydrogens is 593 g/mol. The van der Waals surface area contributed by atoms with Gasteiger partial charge in [-0.3, -0.25) is 14.2 Å². The van der Waals surface area contributed by atoms with Crippen LogP contribution in [0.5, 0.6) is 0 Å². The van der Waals surface area contributed by atoms with E-state index in [4.69, 9.17) is 27.1 Å². The third kappa shape index (κ3) is 4.93. The molecule has 2 aliphatic rings. The topological polar surface area (TPSA) is 117 Å². The van der Waals surface area contributed by atoms with Gasteiger partial charge in [0.1, 0.15) is 6.04 Å². The number of carbonyl (C=O) groups is 1. The minimum absolute atomic E-state index is 0.0347. The van der Waals surface area contributed by atoms with Crippen molar-refractivity contribution in [2.24, 2.45) is 5.73 Å². The molecular formula is C28H26ClF3N6O3S. The van der Waals surface area contributed by atoms with Gasteiger partial charge in [0.25, 0.3) is 5.56 Å². The van der Waals surface area contributed by atoms with Gasteiger partial charge in [-0.15, -0.1) is 16.4 Å². The van der Waals surface area contributed by atoms with E-state index in [1.165, 1.54) is 15.9 Å². The lowest BCUT2D eigenvalue weighted by molar-refractivity contribution is -0.137.